The normalized spacial score (nSPS) is 12.9. The molecule has 0 amide bonds. The molecule has 0 spiro atoms. The summed E-state index contributed by atoms with van der Waals surface area (Å²) in [6, 6.07) is 84.6. The van der Waals surface area contributed by atoms with E-state index >= 15 is 0 Å². The van der Waals surface area contributed by atoms with Crippen LogP contribution in [-0.2, 0) is 21.7 Å². The van der Waals surface area contributed by atoms with Crippen LogP contribution in [0, 0.1) is 13.8 Å². The zero-order valence-corrected chi connectivity index (χ0v) is 48.7. The van der Waals surface area contributed by atoms with E-state index in [-0.39, 0.29) is 34.5 Å². The first-order valence-corrected chi connectivity index (χ1v) is 28.5. The number of aryl methyl sites for hydroxylation is 2. The van der Waals surface area contributed by atoms with Gasteiger partial charge in [-0.3, -0.25) is 0 Å². The molecule has 0 radical (unpaired) electrons. The zero-order valence-electron chi connectivity index (χ0n) is 48.7. The molecule has 0 saturated carbocycles. The fourth-order valence-electron chi connectivity index (χ4n) is 12.1. The predicted octanol–water partition coefficient (Wildman–Crippen LogP) is 19.0. The van der Waals surface area contributed by atoms with E-state index in [2.05, 4.69) is 263 Å². The second kappa shape index (κ2) is 22.9. The van der Waals surface area contributed by atoms with Gasteiger partial charge in [0.15, 0.2) is 0 Å². The number of hydrogen-bond acceptors (Lipinski definition) is 4. The van der Waals surface area contributed by atoms with Crippen LogP contribution in [-0.4, -0.2) is 22.4 Å². The van der Waals surface area contributed by atoms with E-state index in [1.807, 2.05) is 48.5 Å². The molecular formula is C77H76O4. The molecule has 0 heterocycles. The number of phenols is 2. The number of aromatic hydroxyl groups is 2. The predicted molar refractivity (Wildman–Crippen MR) is 335 cm³/mol. The van der Waals surface area contributed by atoms with Gasteiger partial charge >= 0.3 is 0 Å². The van der Waals surface area contributed by atoms with Crippen LogP contribution in [0.5, 0.6) is 23.0 Å². The third kappa shape index (κ3) is 10.9. The lowest BCUT2D eigenvalue weighted by Gasteiger charge is -2.38. The van der Waals surface area contributed by atoms with Gasteiger partial charge in [-0.05, 0) is 132 Å². The van der Waals surface area contributed by atoms with E-state index in [0.29, 0.717) is 29.0 Å². The van der Waals surface area contributed by atoms with Crippen LogP contribution in [0.4, 0.5) is 0 Å². The van der Waals surface area contributed by atoms with Crippen LogP contribution < -0.4 is 9.47 Å². The molecule has 2 N–H and O–H groups in total. The van der Waals surface area contributed by atoms with Crippen molar-refractivity contribution in [3.8, 4) is 45.3 Å². The van der Waals surface area contributed by atoms with Gasteiger partial charge in [0.05, 0.1) is 23.0 Å². The largest absolute Gasteiger partial charge is 0.507 e. The molecule has 0 fully saturated rings. The molecule has 4 heteroatoms. The van der Waals surface area contributed by atoms with Crippen molar-refractivity contribution in [1.82, 2.24) is 0 Å². The van der Waals surface area contributed by atoms with Gasteiger partial charge in [0, 0.05) is 39.8 Å². The average molecular weight is 1070 g/mol. The minimum Gasteiger partial charge on any atom is -0.507 e. The maximum atomic E-state index is 13.3. The first-order valence-electron chi connectivity index (χ1n) is 28.5. The lowest BCUT2D eigenvalue weighted by Crippen LogP contribution is -2.32. The number of phenolic OH excluding ortho intramolecular Hbond substituents is 2. The van der Waals surface area contributed by atoms with Gasteiger partial charge < -0.3 is 19.7 Å². The molecule has 408 valence electrons. The molecule has 0 bridgehead atoms. The van der Waals surface area contributed by atoms with Crippen molar-refractivity contribution in [3.63, 3.8) is 0 Å². The number of benzene rings is 10. The summed E-state index contributed by atoms with van der Waals surface area (Å²) in [4.78, 5) is 0. The number of ether oxygens (including phenoxy) is 2. The molecule has 0 unspecified atom stereocenters. The standard InChI is InChI=1S/C77H76O4/c1-52-41-43-70(64(45-52)66-48-62(74(5,6)7)50-68(72(66)78)76(56-29-17-11-18-30-56,57-31-19-12-20-32-57)58-33-21-13-22-34-58)80-54(3)47-55(4)81-71-44-42-53(2)46-65(71)67-49-63(75(8,9)10)51-69(73(67)79)77(59-35-23-14-24-36-59,60-37-25-15-26-38-60)61-39-27-16-28-40-61/h11-46,48-51,54-55,78-79H,47H2,1-10H3/t54-,55+. The van der Waals surface area contributed by atoms with Crippen LogP contribution in [0.3, 0.4) is 0 Å². The summed E-state index contributed by atoms with van der Waals surface area (Å²) in [5.74, 6) is 1.73. The highest BCUT2D eigenvalue weighted by atomic mass is 16.5. The summed E-state index contributed by atoms with van der Waals surface area (Å²) in [6.45, 7) is 21.7. The molecule has 0 aliphatic rings. The van der Waals surface area contributed by atoms with E-state index < -0.39 is 10.8 Å². The third-order valence-electron chi connectivity index (χ3n) is 16.2. The summed E-state index contributed by atoms with van der Waals surface area (Å²) in [5, 5.41) is 26.5. The molecule has 10 aromatic carbocycles. The Balaban J connectivity index is 1.05. The zero-order chi connectivity index (χ0) is 57.1. The lowest BCUT2D eigenvalue weighted by molar-refractivity contribution is 0.131. The van der Waals surface area contributed by atoms with Crippen molar-refractivity contribution in [2.24, 2.45) is 0 Å². The topological polar surface area (TPSA) is 58.9 Å². The third-order valence-corrected chi connectivity index (χ3v) is 16.2. The van der Waals surface area contributed by atoms with Crippen LogP contribution in [0.15, 0.2) is 243 Å². The Morgan fingerprint density at radius 3 is 0.827 bits per heavy atom. The Hall–Kier alpha value is -8.60. The fraction of sp³-hybridized carbons (Fsp3) is 0.221. The van der Waals surface area contributed by atoms with Gasteiger partial charge in [-0.25, -0.2) is 0 Å². The number of hydrogen-bond donors (Lipinski definition) is 2. The Morgan fingerprint density at radius 1 is 0.321 bits per heavy atom. The maximum absolute atomic E-state index is 13.3. The molecular weight excluding hydrogens is 989 g/mol. The molecule has 4 nitrogen and oxygen atoms in total. The van der Waals surface area contributed by atoms with Crippen LogP contribution in [0.1, 0.15) is 129 Å². The fourth-order valence-corrected chi connectivity index (χ4v) is 12.1. The minimum atomic E-state index is -0.884. The van der Waals surface area contributed by atoms with Crippen LogP contribution in [0.2, 0.25) is 0 Å². The molecule has 81 heavy (non-hydrogen) atoms. The molecule has 0 aliphatic carbocycles. The van der Waals surface area contributed by atoms with Gasteiger partial charge in [-0.2, -0.15) is 0 Å². The van der Waals surface area contributed by atoms with E-state index in [4.69, 9.17) is 9.47 Å². The van der Waals surface area contributed by atoms with Gasteiger partial charge in [-0.1, -0.05) is 247 Å². The highest BCUT2D eigenvalue weighted by Gasteiger charge is 2.44. The Bertz CT molecular complexity index is 3300. The van der Waals surface area contributed by atoms with E-state index in [9.17, 15) is 10.2 Å². The average Bonchev–Trinajstić information content (AvgIpc) is 3.46. The van der Waals surface area contributed by atoms with E-state index in [0.717, 1.165) is 77.9 Å². The molecule has 10 aromatic rings. The Morgan fingerprint density at radius 2 is 0.580 bits per heavy atom. The quantitative estimate of drug-likeness (QED) is 0.0947. The number of rotatable bonds is 16. The van der Waals surface area contributed by atoms with Crippen molar-refractivity contribution in [2.45, 2.75) is 110 Å². The summed E-state index contributed by atoms with van der Waals surface area (Å²) in [6.07, 6.45) is -0.0863. The van der Waals surface area contributed by atoms with E-state index in [1.54, 1.807) is 0 Å². The summed E-state index contributed by atoms with van der Waals surface area (Å²) in [5.41, 5.74) is 12.8. The van der Waals surface area contributed by atoms with Crippen LogP contribution in [0.25, 0.3) is 22.3 Å². The lowest BCUT2D eigenvalue weighted by atomic mass is 9.63. The molecule has 0 aromatic heterocycles. The van der Waals surface area contributed by atoms with Gasteiger partial charge in [-0.15, -0.1) is 0 Å². The van der Waals surface area contributed by atoms with Crippen molar-refractivity contribution < 1.29 is 19.7 Å². The second-order valence-electron chi connectivity index (χ2n) is 24.1. The maximum Gasteiger partial charge on any atom is 0.128 e. The van der Waals surface area contributed by atoms with Crippen molar-refractivity contribution >= 4 is 0 Å². The Kier molecular flexibility index (Phi) is 15.7. The molecule has 2 atom stereocenters. The van der Waals surface area contributed by atoms with Gasteiger partial charge in [0.2, 0.25) is 0 Å². The molecule has 0 saturated heterocycles. The monoisotopic (exact) mass is 1060 g/mol. The van der Waals surface area contributed by atoms with Crippen molar-refractivity contribution in [2.75, 3.05) is 0 Å². The van der Waals surface area contributed by atoms with Crippen molar-refractivity contribution in [3.05, 3.63) is 309 Å². The first kappa shape index (κ1) is 55.7. The smallest absolute Gasteiger partial charge is 0.128 e. The SMILES string of the molecule is Cc1ccc(O[C@H](C)C[C@H](C)Oc2ccc(C)cc2-c2cc(C(C)(C)C)cc(C(c3ccccc3)(c3ccccc3)c3ccccc3)c2O)c(-c2cc(C(C)(C)C)cc(C(c3ccccc3)(c3ccccc3)c3ccccc3)c2O)c1. The molecule has 10 rings (SSSR count). The van der Waals surface area contributed by atoms with Crippen LogP contribution >= 0.6 is 0 Å². The minimum absolute atomic E-state index is 0.196. The highest BCUT2D eigenvalue weighted by Crippen LogP contribution is 2.55. The van der Waals surface area contributed by atoms with E-state index in [1.165, 1.54) is 0 Å². The summed E-state index contributed by atoms with van der Waals surface area (Å²) >= 11 is 0. The van der Waals surface area contributed by atoms with Gasteiger partial charge in [0.1, 0.15) is 23.0 Å². The summed E-state index contributed by atoms with van der Waals surface area (Å²) < 4.78 is 14.2. The second-order valence-corrected chi connectivity index (χ2v) is 24.1. The first-order chi connectivity index (χ1) is 38.9. The van der Waals surface area contributed by atoms with Gasteiger partial charge in [0.25, 0.3) is 0 Å². The highest BCUT2D eigenvalue weighted by molar-refractivity contribution is 5.83. The Labute approximate surface area is 481 Å². The summed E-state index contributed by atoms with van der Waals surface area (Å²) in [7, 11) is 0. The molecule has 0 aliphatic heterocycles. The van der Waals surface area contributed by atoms with Crippen molar-refractivity contribution in [1.29, 1.82) is 0 Å².